The van der Waals surface area contributed by atoms with Crippen molar-refractivity contribution in [3.05, 3.63) is 35.6 Å². The normalized spacial score (nSPS) is 16.7. The maximum absolute atomic E-state index is 13.0. The van der Waals surface area contributed by atoms with Gasteiger partial charge in [-0.2, -0.15) is 0 Å². The van der Waals surface area contributed by atoms with Gasteiger partial charge in [-0.3, -0.25) is 0 Å². The fourth-order valence-corrected chi connectivity index (χ4v) is 2.56. The standard InChI is InChI=1S/C16H24FNO/c17-15-7-4-6-14(12-15)13-18-10-5-11-19-16-8-2-1-3-9-16/h4,6-7,12,16,18H,1-3,5,8-11,13H2. The van der Waals surface area contributed by atoms with Gasteiger partial charge in [-0.25, -0.2) is 4.39 Å². The predicted octanol–water partition coefficient (Wildman–Crippen LogP) is 3.65. The van der Waals surface area contributed by atoms with E-state index >= 15 is 0 Å². The molecule has 1 aromatic rings. The van der Waals surface area contributed by atoms with Crippen LogP contribution in [0.4, 0.5) is 4.39 Å². The van der Waals surface area contributed by atoms with Crippen molar-refractivity contribution in [1.82, 2.24) is 5.32 Å². The highest BCUT2D eigenvalue weighted by Crippen LogP contribution is 2.20. The molecule has 0 unspecified atom stereocenters. The molecule has 0 saturated heterocycles. The molecule has 0 spiro atoms. The summed E-state index contributed by atoms with van der Waals surface area (Å²) >= 11 is 0. The summed E-state index contributed by atoms with van der Waals surface area (Å²) in [5.74, 6) is -0.167. The Morgan fingerprint density at radius 1 is 1.21 bits per heavy atom. The summed E-state index contributed by atoms with van der Waals surface area (Å²) in [4.78, 5) is 0. The van der Waals surface area contributed by atoms with Crippen molar-refractivity contribution in [1.29, 1.82) is 0 Å². The van der Waals surface area contributed by atoms with E-state index in [4.69, 9.17) is 4.74 Å². The third kappa shape index (κ3) is 5.70. The summed E-state index contributed by atoms with van der Waals surface area (Å²) in [6, 6.07) is 6.74. The molecule has 106 valence electrons. The number of benzene rings is 1. The predicted molar refractivity (Wildman–Crippen MR) is 75.5 cm³/mol. The number of nitrogens with one attached hydrogen (secondary N) is 1. The van der Waals surface area contributed by atoms with Crippen LogP contribution in [0.3, 0.4) is 0 Å². The van der Waals surface area contributed by atoms with Crippen molar-refractivity contribution in [3.63, 3.8) is 0 Å². The van der Waals surface area contributed by atoms with Crippen LogP contribution in [-0.4, -0.2) is 19.3 Å². The Morgan fingerprint density at radius 2 is 2.05 bits per heavy atom. The van der Waals surface area contributed by atoms with E-state index in [1.165, 1.54) is 38.2 Å². The van der Waals surface area contributed by atoms with Gasteiger partial charge in [0.25, 0.3) is 0 Å². The minimum absolute atomic E-state index is 0.167. The van der Waals surface area contributed by atoms with Crippen LogP contribution >= 0.6 is 0 Å². The lowest BCUT2D eigenvalue weighted by Crippen LogP contribution is -2.20. The van der Waals surface area contributed by atoms with Crippen molar-refractivity contribution >= 4 is 0 Å². The average molecular weight is 265 g/mol. The van der Waals surface area contributed by atoms with Gasteiger partial charge < -0.3 is 10.1 Å². The molecule has 2 rings (SSSR count). The summed E-state index contributed by atoms with van der Waals surface area (Å²) in [5, 5.41) is 3.32. The van der Waals surface area contributed by atoms with Gasteiger partial charge in [0, 0.05) is 13.2 Å². The first-order valence-electron chi connectivity index (χ1n) is 7.41. The second kappa shape index (κ2) is 8.28. The minimum Gasteiger partial charge on any atom is -0.378 e. The highest BCUT2D eigenvalue weighted by molar-refractivity contribution is 5.15. The van der Waals surface area contributed by atoms with Crippen molar-refractivity contribution in [2.75, 3.05) is 13.2 Å². The van der Waals surface area contributed by atoms with Crippen LogP contribution in [0.2, 0.25) is 0 Å². The van der Waals surface area contributed by atoms with Gasteiger partial charge in [0.1, 0.15) is 5.82 Å². The number of hydrogen-bond acceptors (Lipinski definition) is 2. The highest BCUT2D eigenvalue weighted by Gasteiger charge is 2.12. The molecule has 0 bridgehead atoms. The van der Waals surface area contributed by atoms with Gasteiger partial charge in [0.15, 0.2) is 0 Å². The molecule has 0 heterocycles. The van der Waals surface area contributed by atoms with Crippen LogP contribution in [-0.2, 0) is 11.3 Å². The average Bonchev–Trinajstić information content (AvgIpc) is 2.44. The van der Waals surface area contributed by atoms with E-state index in [0.29, 0.717) is 6.10 Å². The van der Waals surface area contributed by atoms with Gasteiger partial charge in [-0.15, -0.1) is 0 Å². The van der Waals surface area contributed by atoms with Crippen molar-refractivity contribution in [3.8, 4) is 0 Å². The molecule has 3 heteroatoms. The third-order valence-electron chi connectivity index (χ3n) is 3.62. The second-order valence-electron chi connectivity index (χ2n) is 5.29. The molecule has 2 nitrogen and oxygen atoms in total. The van der Waals surface area contributed by atoms with E-state index in [9.17, 15) is 4.39 Å². The summed E-state index contributed by atoms with van der Waals surface area (Å²) in [6.45, 7) is 2.48. The Morgan fingerprint density at radius 3 is 2.84 bits per heavy atom. The van der Waals surface area contributed by atoms with Gasteiger partial charge >= 0.3 is 0 Å². The van der Waals surface area contributed by atoms with E-state index in [2.05, 4.69) is 5.32 Å². The first-order chi connectivity index (χ1) is 9.34. The number of halogens is 1. The quantitative estimate of drug-likeness (QED) is 0.760. The molecule has 1 N–H and O–H groups in total. The maximum Gasteiger partial charge on any atom is 0.123 e. The molecule has 0 amide bonds. The van der Waals surface area contributed by atoms with E-state index in [-0.39, 0.29) is 5.82 Å². The van der Waals surface area contributed by atoms with E-state index in [1.54, 1.807) is 12.1 Å². The topological polar surface area (TPSA) is 21.3 Å². The molecule has 0 aromatic heterocycles. The molecule has 19 heavy (non-hydrogen) atoms. The lowest BCUT2D eigenvalue weighted by molar-refractivity contribution is 0.0273. The Balaban J connectivity index is 1.50. The number of hydrogen-bond donors (Lipinski definition) is 1. The molecule has 1 fully saturated rings. The monoisotopic (exact) mass is 265 g/mol. The zero-order chi connectivity index (χ0) is 13.3. The summed E-state index contributed by atoms with van der Waals surface area (Å²) in [6.07, 6.45) is 8.00. The molecular formula is C16H24FNO. The van der Waals surface area contributed by atoms with Gasteiger partial charge in [-0.05, 0) is 43.5 Å². The van der Waals surface area contributed by atoms with Crippen molar-refractivity contribution < 1.29 is 9.13 Å². The lowest BCUT2D eigenvalue weighted by atomic mass is 9.98. The SMILES string of the molecule is Fc1cccc(CNCCCOC2CCCCC2)c1. The maximum atomic E-state index is 13.0. The van der Waals surface area contributed by atoms with E-state index < -0.39 is 0 Å². The number of rotatable bonds is 7. The molecule has 0 atom stereocenters. The molecule has 1 aliphatic rings. The minimum atomic E-state index is -0.167. The van der Waals surface area contributed by atoms with Crippen LogP contribution < -0.4 is 5.32 Å². The highest BCUT2D eigenvalue weighted by atomic mass is 19.1. The Kier molecular flexibility index (Phi) is 6.31. The van der Waals surface area contributed by atoms with Crippen LogP contribution in [0, 0.1) is 5.82 Å². The van der Waals surface area contributed by atoms with Crippen molar-refractivity contribution in [2.24, 2.45) is 0 Å². The van der Waals surface area contributed by atoms with Gasteiger partial charge in [0.2, 0.25) is 0 Å². The summed E-state index contributed by atoms with van der Waals surface area (Å²) < 4.78 is 18.8. The second-order valence-corrected chi connectivity index (χ2v) is 5.29. The number of ether oxygens (including phenoxy) is 1. The first-order valence-corrected chi connectivity index (χ1v) is 7.41. The van der Waals surface area contributed by atoms with Crippen LogP contribution in [0.25, 0.3) is 0 Å². The lowest BCUT2D eigenvalue weighted by Gasteiger charge is -2.21. The summed E-state index contributed by atoms with van der Waals surface area (Å²) in [7, 11) is 0. The fraction of sp³-hybridized carbons (Fsp3) is 0.625. The fourth-order valence-electron chi connectivity index (χ4n) is 2.56. The molecule has 0 aliphatic heterocycles. The smallest absolute Gasteiger partial charge is 0.123 e. The van der Waals surface area contributed by atoms with Crippen molar-refractivity contribution in [2.45, 2.75) is 51.2 Å². The van der Waals surface area contributed by atoms with Crippen LogP contribution in [0.15, 0.2) is 24.3 Å². The van der Waals surface area contributed by atoms with Crippen LogP contribution in [0.5, 0.6) is 0 Å². The zero-order valence-electron chi connectivity index (χ0n) is 11.5. The Hall–Kier alpha value is -0.930. The molecular weight excluding hydrogens is 241 g/mol. The summed E-state index contributed by atoms with van der Waals surface area (Å²) in [5.41, 5.74) is 0.994. The zero-order valence-corrected chi connectivity index (χ0v) is 11.5. The largest absolute Gasteiger partial charge is 0.378 e. The third-order valence-corrected chi connectivity index (χ3v) is 3.62. The molecule has 1 aromatic carbocycles. The van der Waals surface area contributed by atoms with E-state index in [1.807, 2.05) is 6.07 Å². The Bertz CT molecular complexity index is 364. The molecule has 1 aliphatic carbocycles. The van der Waals surface area contributed by atoms with Gasteiger partial charge in [0.05, 0.1) is 6.10 Å². The molecule has 0 radical (unpaired) electrons. The Labute approximate surface area is 115 Å². The molecule has 1 saturated carbocycles. The van der Waals surface area contributed by atoms with Crippen LogP contribution in [0.1, 0.15) is 44.1 Å². The van der Waals surface area contributed by atoms with E-state index in [0.717, 1.165) is 31.7 Å². The van der Waals surface area contributed by atoms with Gasteiger partial charge in [-0.1, -0.05) is 31.4 Å². The first kappa shape index (κ1) is 14.5.